The van der Waals surface area contributed by atoms with E-state index in [1.165, 1.54) is 0 Å². The molecule has 3 heteroatoms. The Morgan fingerprint density at radius 2 is 1.30 bits per heavy atom. The summed E-state index contributed by atoms with van der Waals surface area (Å²) in [6.07, 6.45) is 2.91. The van der Waals surface area contributed by atoms with E-state index < -0.39 is 0 Å². The van der Waals surface area contributed by atoms with Gasteiger partial charge in [0.1, 0.15) is 0 Å². The number of hydrogen-bond acceptors (Lipinski definition) is 2. The Morgan fingerprint density at radius 1 is 0.900 bits per heavy atom. The molecule has 0 saturated heterocycles. The van der Waals surface area contributed by atoms with Crippen LogP contribution >= 0.6 is 0 Å². The van der Waals surface area contributed by atoms with Gasteiger partial charge in [-0.15, -0.1) is 0 Å². The molecular formula is C7H18O2Zr. The topological polar surface area (TPSA) is 40.5 Å². The minimum absolute atomic E-state index is 0. The molecule has 62 valence electrons. The van der Waals surface area contributed by atoms with Gasteiger partial charge in [0, 0.05) is 39.4 Å². The third-order valence-corrected chi connectivity index (χ3v) is 0.735. The van der Waals surface area contributed by atoms with Crippen LogP contribution in [0.25, 0.3) is 0 Å². The summed E-state index contributed by atoms with van der Waals surface area (Å²) in [4.78, 5) is 0. The smallest absolute Gasteiger partial charge is 0.0430 e. The quantitative estimate of drug-likeness (QED) is 0.757. The fraction of sp³-hybridized carbons (Fsp3) is 1.00. The van der Waals surface area contributed by atoms with Gasteiger partial charge in [0.25, 0.3) is 0 Å². The maximum Gasteiger partial charge on any atom is 0.0430 e. The number of aliphatic hydroxyl groups excluding tert-OH is 2. The van der Waals surface area contributed by atoms with Crippen molar-refractivity contribution >= 4 is 0 Å². The van der Waals surface area contributed by atoms with Crippen LogP contribution in [0.5, 0.6) is 0 Å². The van der Waals surface area contributed by atoms with Crippen molar-refractivity contribution in [2.75, 3.05) is 13.2 Å². The number of aliphatic hydroxyl groups is 2. The molecule has 0 atom stereocenters. The van der Waals surface area contributed by atoms with Gasteiger partial charge >= 0.3 is 0 Å². The van der Waals surface area contributed by atoms with Crippen LogP contribution in [0.4, 0.5) is 0 Å². The van der Waals surface area contributed by atoms with Crippen LogP contribution in [-0.2, 0) is 26.2 Å². The van der Waals surface area contributed by atoms with Crippen LogP contribution in [-0.4, -0.2) is 23.4 Å². The predicted molar refractivity (Wildman–Crippen MR) is 39.4 cm³/mol. The van der Waals surface area contributed by atoms with E-state index in [1.54, 1.807) is 0 Å². The molecule has 0 saturated carbocycles. The van der Waals surface area contributed by atoms with Crippen LogP contribution in [0.15, 0.2) is 0 Å². The SMILES string of the molecule is CCCCO.CCCO.[Zr]. The van der Waals surface area contributed by atoms with Crippen molar-refractivity contribution in [1.82, 2.24) is 0 Å². The predicted octanol–water partition coefficient (Wildman–Crippen LogP) is 1.17. The summed E-state index contributed by atoms with van der Waals surface area (Å²) >= 11 is 0. The van der Waals surface area contributed by atoms with E-state index in [2.05, 4.69) is 6.92 Å². The molecule has 0 fully saturated rings. The Hall–Kier alpha value is 0.803. The van der Waals surface area contributed by atoms with Crippen LogP contribution in [0.3, 0.4) is 0 Å². The maximum atomic E-state index is 8.07. The third kappa shape index (κ3) is 37.1. The van der Waals surface area contributed by atoms with Crippen molar-refractivity contribution in [3.8, 4) is 0 Å². The van der Waals surface area contributed by atoms with Gasteiger partial charge < -0.3 is 10.2 Å². The Bertz CT molecular complexity index is 30.8. The molecule has 0 aliphatic heterocycles. The van der Waals surface area contributed by atoms with Gasteiger partial charge in [-0.1, -0.05) is 20.3 Å². The van der Waals surface area contributed by atoms with Crippen molar-refractivity contribution in [2.24, 2.45) is 0 Å². The largest absolute Gasteiger partial charge is 0.396 e. The van der Waals surface area contributed by atoms with Gasteiger partial charge in [-0.2, -0.15) is 0 Å². The van der Waals surface area contributed by atoms with E-state index in [-0.39, 0.29) is 26.2 Å². The first-order chi connectivity index (χ1) is 4.33. The molecule has 0 aromatic rings. The molecule has 10 heavy (non-hydrogen) atoms. The number of unbranched alkanes of at least 4 members (excludes halogenated alkanes) is 1. The van der Waals surface area contributed by atoms with E-state index in [0.717, 1.165) is 19.3 Å². The zero-order valence-corrected chi connectivity index (χ0v) is 9.39. The van der Waals surface area contributed by atoms with Gasteiger partial charge in [-0.25, -0.2) is 0 Å². The van der Waals surface area contributed by atoms with Gasteiger partial charge in [0.2, 0.25) is 0 Å². The molecule has 0 bridgehead atoms. The summed E-state index contributed by atoms with van der Waals surface area (Å²) in [7, 11) is 0. The molecule has 0 aromatic heterocycles. The first kappa shape index (κ1) is 17.1. The fourth-order valence-electron chi connectivity index (χ4n) is 0.158. The molecule has 0 rings (SSSR count). The standard InChI is InChI=1S/C4H10O.C3H8O.Zr/c1-2-3-4-5;1-2-3-4;/h5H,2-4H2,1H3;4H,2-3H2,1H3;. The molecule has 0 heterocycles. The molecule has 0 aromatic carbocycles. The average molecular weight is 225 g/mol. The fourth-order valence-corrected chi connectivity index (χ4v) is 0.158. The summed E-state index contributed by atoms with van der Waals surface area (Å²) in [6.45, 7) is 4.65. The van der Waals surface area contributed by atoms with E-state index in [0.29, 0.717) is 13.2 Å². The zero-order chi connectivity index (χ0) is 7.54. The summed E-state index contributed by atoms with van der Waals surface area (Å²) in [5.41, 5.74) is 0. The minimum Gasteiger partial charge on any atom is -0.396 e. The molecule has 0 radical (unpaired) electrons. The molecule has 0 aliphatic rings. The van der Waals surface area contributed by atoms with Crippen LogP contribution < -0.4 is 0 Å². The summed E-state index contributed by atoms with van der Waals surface area (Å²) in [6, 6.07) is 0. The second-order valence-corrected chi connectivity index (χ2v) is 1.80. The van der Waals surface area contributed by atoms with Gasteiger partial charge in [-0.3, -0.25) is 0 Å². The van der Waals surface area contributed by atoms with Crippen molar-refractivity contribution in [2.45, 2.75) is 33.1 Å². The van der Waals surface area contributed by atoms with Crippen LogP contribution in [0.1, 0.15) is 33.1 Å². The van der Waals surface area contributed by atoms with Crippen molar-refractivity contribution in [1.29, 1.82) is 0 Å². The van der Waals surface area contributed by atoms with Crippen molar-refractivity contribution < 1.29 is 36.4 Å². The van der Waals surface area contributed by atoms with Crippen LogP contribution in [0, 0.1) is 0 Å². The summed E-state index contributed by atoms with van der Waals surface area (Å²) < 4.78 is 0. The van der Waals surface area contributed by atoms with Gasteiger partial charge in [-0.05, 0) is 12.8 Å². The van der Waals surface area contributed by atoms with Crippen molar-refractivity contribution in [3.63, 3.8) is 0 Å². The number of hydrogen-bond donors (Lipinski definition) is 2. The van der Waals surface area contributed by atoms with E-state index >= 15 is 0 Å². The Morgan fingerprint density at radius 3 is 1.30 bits per heavy atom. The van der Waals surface area contributed by atoms with Crippen molar-refractivity contribution in [3.05, 3.63) is 0 Å². The number of rotatable bonds is 3. The molecule has 2 N–H and O–H groups in total. The van der Waals surface area contributed by atoms with Gasteiger partial charge in [0.15, 0.2) is 0 Å². The minimum atomic E-state index is 0. The van der Waals surface area contributed by atoms with E-state index in [1.807, 2.05) is 6.92 Å². The van der Waals surface area contributed by atoms with Gasteiger partial charge in [0.05, 0.1) is 0 Å². The summed E-state index contributed by atoms with van der Waals surface area (Å²) in [5.74, 6) is 0. The maximum absolute atomic E-state index is 8.07. The summed E-state index contributed by atoms with van der Waals surface area (Å²) in [5, 5.41) is 15.9. The normalized spacial score (nSPS) is 7.20. The monoisotopic (exact) mass is 224 g/mol. The molecular weight excluding hydrogens is 207 g/mol. The van der Waals surface area contributed by atoms with E-state index in [4.69, 9.17) is 10.2 Å². The third-order valence-electron chi connectivity index (χ3n) is 0.735. The van der Waals surface area contributed by atoms with E-state index in [9.17, 15) is 0 Å². The molecule has 0 unspecified atom stereocenters. The molecule has 0 amide bonds. The molecule has 0 spiro atoms. The zero-order valence-electron chi connectivity index (χ0n) is 6.93. The molecule has 2 nitrogen and oxygen atoms in total. The second kappa shape index (κ2) is 22.6. The Labute approximate surface area is 82.8 Å². The Kier molecular flexibility index (Phi) is 38.5. The average Bonchev–Trinajstić information content (AvgIpc) is 1.91. The first-order valence-electron chi connectivity index (χ1n) is 3.55. The first-order valence-corrected chi connectivity index (χ1v) is 3.55. The second-order valence-electron chi connectivity index (χ2n) is 1.80. The Balaban J connectivity index is -0.0000000910. The van der Waals surface area contributed by atoms with Crippen LogP contribution in [0.2, 0.25) is 0 Å². The molecule has 0 aliphatic carbocycles.